The van der Waals surface area contributed by atoms with E-state index in [0.29, 0.717) is 12.8 Å². The molecule has 0 aromatic carbocycles. The molecule has 0 amide bonds. The highest BCUT2D eigenvalue weighted by atomic mass is 16.6. The van der Waals surface area contributed by atoms with Crippen molar-refractivity contribution in [3.63, 3.8) is 0 Å². The van der Waals surface area contributed by atoms with Crippen LogP contribution in [-0.4, -0.2) is 37.2 Å². The molecule has 0 radical (unpaired) electrons. The van der Waals surface area contributed by atoms with Crippen LogP contribution >= 0.6 is 0 Å². The van der Waals surface area contributed by atoms with Crippen LogP contribution in [0.3, 0.4) is 0 Å². The number of rotatable bonds is 49. The molecular weight excluding hydrogens is 865 g/mol. The first-order valence-corrected chi connectivity index (χ1v) is 28.3. The topological polar surface area (TPSA) is 78.9 Å². The van der Waals surface area contributed by atoms with E-state index in [1.54, 1.807) is 0 Å². The van der Waals surface area contributed by atoms with Crippen molar-refractivity contribution in [1.82, 2.24) is 0 Å². The maximum Gasteiger partial charge on any atom is 0.306 e. The zero-order valence-corrected chi connectivity index (χ0v) is 45.0. The molecule has 6 heteroatoms. The van der Waals surface area contributed by atoms with E-state index in [1.165, 1.54) is 96.3 Å². The fourth-order valence-corrected chi connectivity index (χ4v) is 7.36. The molecular formula is C64H102O6. The number of esters is 3. The predicted molar refractivity (Wildman–Crippen MR) is 302 cm³/mol. The molecule has 1 atom stereocenters. The molecule has 70 heavy (non-hydrogen) atoms. The number of unbranched alkanes of at least 4 members (excludes halogenated alkanes) is 24. The van der Waals surface area contributed by atoms with Gasteiger partial charge in [0.1, 0.15) is 13.2 Å². The summed E-state index contributed by atoms with van der Waals surface area (Å²) in [4.78, 5) is 38.2. The van der Waals surface area contributed by atoms with E-state index in [0.717, 1.165) is 96.3 Å². The van der Waals surface area contributed by atoms with Crippen molar-refractivity contribution < 1.29 is 28.6 Å². The van der Waals surface area contributed by atoms with Crippen molar-refractivity contribution >= 4 is 17.9 Å². The summed E-state index contributed by atoms with van der Waals surface area (Å²) in [6.45, 7) is 6.40. The Labute approximate surface area is 430 Å². The van der Waals surface area contributed by atoms with Gasteiger partial charge in [-0.2, -0.15) is 0 Å². The van der Waals surface area contributed by atoms with Gasteiger partial charge in [0.15, 0.2) is 6.10 Å². The van der Waals surface area contributed by atoms with Gasteiger partial charge in [-0.1, -0.05) is 257 Å². The number of ether oxygens (including phenoxy) is 3. The lowest BCUT2D eigenvalue weighted by atomic mass is 10.1. The normalized spacial score (nSPS) is 13.1. The quantitative estimate of drug-likeness (QED) is 0.0199. The van der Waals surface area contributed by atoms with E-state index in [-0.39, 0.29) is 37.5 Å². The maximum atomic E-state index is 12.9. The van der Waals surface area contributed by atoms with Gasteiger partial charge < -0.3 is 14.2 Å². The molecule has 0 heterocycles. The van der Waals surface area contributed by atoms with Gasteiger partial charge in [0, 0.05) is 19.3 Å². The molecule has 6 nitrogen and oxygen atoms in total. The number of hydrogen-bond donors (Lipinski definition) is 0. The smallest absolute Gasteiger partial charge is 0.306 e. The monoisotopic (exact) mass is 967 g/mol. The first-order valence-electron chi connectivity index (χ1n) is 28.3. The zero-order valence-electron chi connectivity index (χ0n) is 45.0. The Morgan fingerprint density at radius 2 is 0.571 bits per heavy atom. The molecule has 0 spiro atoms. The molecule has 0 aliphatic rings. The Kier molecular flexibility index (Phi) is 53.5. The molecule has 0 aliphatic carbocycles. The Morgan fingerprint density at radius 1 is 0.300 bits per heavy atom. The second-order valence-corrected chi connectivity index (χ2v) is 18.4. The van der Waals surface area contributed by atoms with Crippen LogP contribution in [0.5, 0.6) is 0 Å². The first-order chi connectivity index (χ1) is 34.5. The van der Waals surface area contributed by atoms with Crippen molar-refractivity contribution in [1.29, 1.82) is 0 Å². The molecule has 0 saturated heterocycles. The molecule has 394 valence electrons. The van der Waals surface area contributed by atoms with Gasteiger partial charge in [0.25, 0.3) is 0 Å². The van der Waals surface area contributed by atoms with Crippen molar-refractivity contribution in [3.8, 4) is 0 Å². The largest absolute Gasteiger partial charge is 0.462 e. The van der Waals surface area contributed by atoms with Gasteiger partial charge in [0.2, 0.25) is 0 Å². The van der Waals surface area contributed by atoms with Gasteiger partial charge in [-0.3, -0.25) is 14.4 Å². The third-order valence-electron chi connectivity index (χ3n) is 11.6. The molecule has 0 aliphatic heterocycles. The summed E-state index contributed by atoms with van der Waals surface area (Å²) in [5.41, 5.74) is 0. The second-order valence-electron chi connectivity index (χ2n) is 18.4. The van der Waals surface area contributed by atoms with Crippen LogP contribution in [0.4, 0.5) is 0 Å². The number of allylic oxidation sites excluding steroid dienone is 22. The highest BCUT2D eigenvalue weighted by Crippen LogP contribution is 2.14. The van der Waals surface area contributed by atoms with Crippen LogP contribution in [-0.2, 0) is 28.6 Å². The number of carbonyl (C=O) groups excluding carboxylic acids is 3. The fraction of sp³-hybridized carbons (Fsp3) is 0.609. The lowest BCUT2D eigenvalue weighted by Gasteiger charge is -2.18. The van der Waals surface area contributed by atoms with E-state index in [2.05, 4.69) is 81.5 Å². The van der Waals surface area contributed by atoms with Crippen molar-refractivity contribution in [2.75, 3.05) is 13.2 Å². The minimum absolute atomic E-state index is 0.108. The molecule has 0 fully saturated rings. The number of hydrogen-bond acceptors (Lipinski definition) is 6. The second kappa shape index (κ2) is 57.1. The summed E-state index contributed by atoms with van der Waals surface area (Å²) >= 11 is 0. The van der Waals surface area contributed by atoms with Crippen LogP contribution in [0.2, 0.25) is 0 Å². The van der Waals surface area contributed by atoms with E-state index >= 15 is 0 Å². The summed E-state index contributed by atoms with van der Waals surface area (Å²) in [5.74, 6) is -0.983. The minimum atomic E-state index is -0.815. The zero-order chi connectivity index (χ0) is 50.7. The SMILES string of the molecule is CC\C=C/C=C\C=C/C=C\C=C\C=C/C=C\CCCCCC(=O)OCC(COC(=O)CCCCCCCCC/C=C\CCCCCC)OC(=O)CCCCCCC\C=C/C=C\C=C/CCCCCCC. The molecule has 0 aromatic rings. The van der Waals surface area contributed by atoms with Crippen LogP contribution in [0.15, 0.2) is 134 Å². The highest BCUT2D eigenvalue weighted by molar-refractivity contribution is 5.71. The van der Waals surface area contributed by atoms with Gasteiger partial charge in [0.05, 0.1) is 0 Å². The molecule has 0 rings (SSSR count). The molecule has 0 bridgehead atoms. The average molecular weight is 968 g/mol. The third-order valence-corrected chi connectivity index (χ3v) is 11.6. The Balaban J connectivity index is 4.57. The van der Waals surface area contributed by atoms with Gasteiger partial charge in [-0.25, -0.2) is 0 Å². The summed E-state index contributed by atoms with van der Waals surface area (Å²) < 4.78 is 16.8. The summed E-state index contributed by atoms with van der Waals surface area (Å²) in [7, 11) is 0. The van der Waals surface area contributed by atoms with Crippen LogP contribution in [0.1, 0.15) is 233 Å². The standard InChI is InChI=1S/C64H102O6/c1-4-7-10-13-16-19-22-25-28-30-32-34-36-39-42-45-48-51-54-57-63(66)69-60-61(59-68-62(65)56-53-50-47-44-41-38-35-27-24-21-18-15-12-9-6-3)70-64(67)58-55-52-49-46-43-40-37-33-31-29-26-23-20-17-14-11-8-5-2/h7,10,13,16,19,21-26,28-34,36-37,39,42,61H,4-6,8-9,11-12,14-15,17-18,20,27,35,38,40-41,43-60H2,1-3H3/b10-7-,16-13-,22-19-,24-21-,26-23-,28-25-,31-29-,32-30+,36-34-,37-33-,42-39-. The van der Waals surface area contributed by atoms with Gasteiger partial charge in [-0.05, 0) is 89.9 Å². The predicted octanol–water partition coefficient (Wildman–Crippen LogP) is 19.0. The molecule has 0 saturated carbocycles. The molecule has 0 aromatic heterocycles. The summed E-state index contributed by atoms with van der Waals surface area (Å²) in [6.07, 6.45) is 80.0. The van der Waals surface area contributed by atoms with E-state index in [9.17, 15) is 14.4 Å². The summed E-state index contributed by atoms with van der Waals surface area (Å²) in [5, 5.41) is 0. The van der Waals surface area contributed by atoms with E-state index < -0.39 is 6.10 Å². The third kappa shape index (κ3) is 54.5. The van der Waals surface area contributed by atoms with Crippen molar-refractivity contribution in [2.45, 2.75) is 239 Å². The van der Waals surface area contributed by atoms with Crippen molar-refractivity contribution in [3.05, 3.63) is 134 Å². The van der Waals surface area contributed by atoms with Crippen LogP contribution in [0, 0.1) is 0 Å². The first kappa shape index (κ1) is 65.5. The van der Waals surface area contributed by atoms with E-state index in [1.807, 2.05) is 72.9 Å². The van der Waals surface area contributed by atoms with E-state index in [4.69, 9.17) is 14.2 Å². The average Bonchev–Trinajstić information content (AvgIpc) is 3.36. The van der Waals surface area contributed by atoms with Gasteiger partial charge in [-0.15, -0.1) is 0 Å². The summed E-state index contributed by atoms with van der Waals surface area (Å²) in [6, 6.07) is 0. The lowest BCUT2D eigenvalue weighted by Crippen LogP contribution is -2.30. The Bertz CT molecular complexity index is 1530. The molecule has 0 N–H and O–H groups in total. The molecule has 1 unspecified atom stereocenters. The van der Waals surface area contributed by atoms with Crippen molar-refractivity contribution in [2.24, 2.45) is 0 Å². The fourth-order valence-electron chi connectivity index (χ4n) is 7.36. The van der Waals surface area contributed by atoms with Crippen LogP contribution in [0.25, 0.3) is 0 Å². The Hall–Kier alpha value is -4.45. The Morgan fingerprint density at radius 3 is 0.943 bits per heavy atom. The maximum absolute atomic E-state index is 12.9. The number of carbonyl (C=O) groups is 3. The lowest BCUT2D eigenvalue weighted by molar-refractivity contribution is -0.167. The van der Waals surface area contributed by atoms with Crippen LogP contribution < -0.4 is 0 Å². The highest BCUT2D eigenvalue weighted by Gasteiger charge is 2.19. The minimum Gasteiger partial charge on any atom is -0.462 e. The van der Waals surface area contributed by atoms with Gasteiger partial charge >= 0.3 is 17.9 Å².